The first-order valence-corrected chi connectivity index (χ1v) is 17.2. The van der Waals surface area contributed by atoms with Crippen molar-refractivity contribution in [2.75, 3.05) is 58.8 Å². The number of fused-ring (bicyclic) bond motifs is 2. The Kier molecular flexibility index (Phi) is 10.3. The van der Waals surface area contributed by atoms with E-state index < -0.39 is 17.2 Å². The van der Waals surface area contributed by atoms with E-state index in [2.05, 4.69) is 32.1 Å². The molecule has 0 atom stereocenters. The maximum absolute atomic E-state index is 15.5. The number of anilines is 1. The molecule has 0 bridgehead atoms. The number of carbonyl (C=O) groups is 1. The number of aromatic nitrogens is 3. The Morgan fingerprint density at radius 3 is 2.48 bits per heavy atom. The molecule has 0 radical (unpaired) electrons. The van der Waals surface area contributed by atoms with Gasteiger partial charge in [-0.2, -0.15) is 0 Å². The first kappa shape index (κ1) is 34.9. The summed E-state index contributed by atoms with van der Waals surface area (Å²) in [5.41, 5.74) is 1.09. The SMILES string of the molecule is COc1cc2c(Oc3ccc(NC(=O)c4cn(-c5ccc(Cl)cc5)c5ncccc5c4=O)cc3F)ccnc2cc1OCCCN1CCN(C)CC1. The van der Waals surface area contributed by atoms with Crippen LogP contribution in [0.15, 0.2) is 96.2 Å². The summed E-state index contributed by atoms with van der Waals surface area (Å²) in [5, 5.41) is 4.03. The van der Waals surface area contributed by atoms with E-state index in [1.165, 1.54) is 18.3 Å². The predicted molar refractivity (Wildman–Crippen MR) is 199 cm³/mol. The van der Waals surface area contributed by atoms with E-state index in [0.717, 1.165) is 45.2 Å². The lowest BCUT2D eigenvalue weighted by Gasteiger charge is -2.32. The van der Waals surface area contributed by atoms with Crippen molar-refractivity contribution in [1.82, 2.24) is 24.3 Å². The van der Waals surface area contributed by atoms with E-state index in [9.17, 15) is 9.59 Å². The second-order valence-corrected chi connectivity index (χ2v) is 12.9. The number of benzene rings is 3. The first-order chi connectivity index (χ1) is 25.3. The second-order valence-electron chi connectivity index (χ2n) is 12.5. The van der Waals surface area contributed by atoms with E-state index in [1.54, 1.807) is 78.7 Å². The smallest absolute Gasteiger partial charge is 0.261 e. The van der Waals surface area contributed by atoms with E-state index >= 15 is 4.39 Å². The topological polar surface area (TPSA) is 111 Å². The highest BCUT2D eigenvalue weighted by molar-refractivity contribution is 6.30. The van der Waals surface area contributed by atoms with Gasteiger partial charge in [-0.25, -0.2) is 9.37 Å². The maximum atomic E-state index is 15.5. The Morgan fingerprint density at radius 1 is 0.904 bits per heavy atom. The molecule has 6 aromatic rings. The standard InChI is InChI=1S/C39H36ClFN6O5/c1-45-16-18-46(19-17-45)15-4-20-51-36-23-32-29(22-35(36)50-2)33(12-14-42-32)52-34-11-8-26(21-31(34)41)44-39(49)30-24-47(27-9-6-25(40)7-10-27)38-28(37(30)48)5-3-13-43-38/h3,5-14,21-24H,4,15-20H2,1-2H3,(H,44,49). The molecule has 1 fully saturated rings. The summed E-state index contributed by atoms with van der Waals surface area (Å²) in [5.74, 6) is -0.0916. The lowest BCUT2D eigenvalue weighted by Crippen LogP contribution is -2.44. The number of nitrogens with zero attached hydrogens (tertiary/aromatic N) is 5. The van der Waals surface area contributed by atoms with E-state index in [4.69, 9.17) is 25.8 Å². The lowest BCUT2D eigenvalue weighted by atomic mass is 10.1. The van der Waals surface area contributed by atoms with Gasteiger partial charge in [0.15, 0.2) is 23.1 Å². The summed E-state index contributed by atoms with van der Waals surface area (Å²) in [4.78, 5) is 40.4. The van der Waals surface area contributed by atoms with Crippen LogP contribution in [-0.4, -0.2) is 83.7 Å². The number of hydrogen-bond acceptors (Lipinski definition) is 9. The van der Waals surface area contributed by atoms with Gasteiger partial charge in [0.1, 0.15) is 17.0 Å². The van der Waals surface area contributed by atoms with Crippen molar-refractivity contribution in [2.45, 2.75) is 6.42 Å². The molecule has 266 valence electrons. The van der Waals surface area contributed by atoms with Crippen LogP contribution in [-0.2, 0) is 0 Å². The lowest BCUT2D eigenvalue weighted by molar-refractivity contribution is 0.102. The van der Waals surface area contributed by atoms with Crippen molar-refractivity contribution >= 4 is 45.1 Å². The molecular formula is C39H36ClFN6O5. The zero-order valence-electron chi connectivity index (χ0n) is 28.6. The minimum absolute atomic E-state index is 0.0735. The molecule has 4 heterocycles. The maximum Gasteiger partial charge on any atom is 0.261 e. The highest BCUT2D eigenvalue weighted by Gasteiger charge is 2.19. The summed E-state index contributed by atoms with van der Waals surface area (Å²) in [6.45, 7) is 5.73. The van der Waals surface area contributed by atoms with Gasteiger partial charge in [-0.05, 0) is 74.1 Å². The molecule has 1 aliphatic rings. The molecule has 1 N–H and O–H groups in total. The Labute approximate surface area is 304 Å². The average molecular weight is 723 g/mol. The second kappa shape index (κ2) is 15.4. The summed E-state index contributed by atoms with van der Waals surface area (Å²) < 4.78 is 34.9. The van der Waals surface area contributed by atoms with Crippen molar-refractivity contribution in [2.24, 2.45) is 0 Å². The van der Waals surface area contributed by atoms with Crippen molar-refractivity contribution in [3.8, 4) is 28.7 Å². The summed E-state index contributed by atoms with van der Waals surface area (Å²) in [7, 11) is 3.70. The van der Waals surface area contributed by atoms with Crippen LogP contribution in [0.5, 0.6) is 23.0 Å². The number of ether oxygens (including phenoxy) is 3. The van der Waals surface area contributed by atoms with Gasteiger partial charge in [-0.3, -0.25) is 14.6 Å². The quantitative estimate of drug-likeness (QED) is 0.145. The van der Waals surface area contributed by atoms with Crippen molar-refractivity contribution in [3.63, 3.8) is 0 Å². The number of pyridine rings is 3. The van der Waals surface area contributed by atoms with Gasteiger partial charge in [0.05, 0.1) is 24.6 Å². The third-order valence-corrected chi connectivity index (χ3v) is 9.23. The minimum Gasteiger partial charge on any atom is -0.493 e. The third kappa shape index (κ3) is 7.54. The number of halogens is 2. The largest absolute Gasteiger partial charge is 0.493 e. The molecule has 0 aliphatic carbocycles. The van der Waals surface area contributed by atoms with Crippen LogP contribution >= 0.6 is 11.6 Å². The van der Waals surface area contributed by atoms with Crippen LogP contribution in [0.1, 0.15) is 16.8 Å². The number of carbonyl (C=O) groups excluding carboxylic acids is 1. The van der Waals surface area contributed by atoms with Gasteiger partial charge in [-0.1, -0.05) is 11.6 Å². The average Bonchev–Trinajstić information content (AvgIpc) is 3.15. The molecule has 3 aromatic heterocycles. The van der Waals surface area contributed by atoms with Crippen molar-refractivity contribution in [1.29, 1.82) is 0 Å². The van der Waals surface area contributed by atoms with Crippen LogP contribution in [0.2, 0.25) is 5.02 Å². The first-order valence-electron chi connectivity index (χ1n) is 16.8. The Morgan fingerprint density at radius 2 is 1.71 bits per heavy atom. The molecule has 52 heavy (non-hydrogen) atoms. The van der Waals surface area contributed by atoms with Crippen LogP contribution in [0.3, 0.4) is 0 Å². The number of methoxy groups -OCH3 is 1. The molecule has 13 heteroatoms. The fourth-order valence-corrected chi connectivity index (χ4v) is 6.26. The fraction of sp³-hybridized carbons (Fsp3) is 0.231. The Hall–Kier alpha value is -5.56. The van der Waals surface area contributed by atoms with E-state index in [1.807, 2.05) is 0 Å². The molecule has 7 rings (SSSR count). The van der Waals surface area contributed by atoms with Gasteiger partial charge in [0.25, 0.3) is 5.91 Å². The zero-order valence-corrected chi connectivity index (χ0v) is 29.4. The molecular weight excluding hydrogens is 687 g/mol. The highest BCUT2D eigenvalue weighted by atomic mass is 35.5. The normalized spacial score (nSPS) is 13.7. The fourth-order valence-electron chi connectivity index (χ4n) is 6.13. The minimum atomic E-state index is -0.726. The van der Waals surface area contributed by atoms with Gasteiger partial charge in [0, 0.05) is 85.2 Å². The summed E-state index contributed by atoms with van der Waals surface area (Å²) >= 11 is 6.08. The van der Waals surface area contributed by atoms with Gasteiger partial charge >= 0.3 is 0 Å². The zero-order chi connectivity index (χ0) is 36.2. The Bertz CT molecular complexity index is 2310. The van der Waals surface area contributed by atoms with Gasteiger partial charge in [0.2, 0.25) is 5.43 Å². The third-order valence-electron chi connectivity index (χ3n) is 8.98. The Balaban J connectivity index is 1.07. The number of amides is 1. The number of rotatable bonds is 11. The number of piperazine rings is 1. The van der Waals surface area contributed by atoms with Crippen LogP contribution in [0.25, 0.3) is 27.6 Å². The van der Waals surface area contributed by atoms with Crippen molar-refractivity contribution in [3.05, 3.63) is 118 Å². The monoisotopic (exact) mass is 722 g/mol. The molecule has 1 saturated heterocycles. The molecule has 1 aliphatic heterocycles. The molecule has 0 saturated carbocycles. The van der Waals surface area contributed by atoms with Crippen LogP contribution in [0, 0.1) is 5.82 Å². The number of nitrogens with one attached hydrogen (secondary N) is 1. The van der Waals surface area contributed by atoms with E-state index in [0.29, 0.717) is 51.1 Å². The van der Waals surface area contributed by atoms with Gasteiger partial charge < -0.3 is 33.9 Å². The number of likely N-dealkylation sites (N-methyl/N-ethyl adjacent to an activating group) is 1. The summed E-state index contributed by atoms with van der Waals surface area (Å²) in [6, 6.07) is 19.3. The predicted octanol–water partition coefficient (Wildman–Crippen LogP) is 6.80. The van der Waals surface area contributed by atoms with Crippen LogP contribution in [0.4, 0.5) is 10.1 Å². The van der Waals surface area contributed by atoms with Crippen LogP contribution < -0.4 is 25.0 Å². The number of hydrogen-bond donors (Lipinski definition) is 1. The molecule has 0 spiro atoms. The van der Waals surface area contributed by atoms with E-state index in [-0.39, 0.29) is 22.4 Å². The van der Waals surface area contributed by atoms with Crippen molar-refractivity contribution < 1.29 is 23.4 Å². The molecule has 0 unspecified atom stereocenters. The highest BCUT2D eigenvalue weighted by Crippen LogP contribution is 2.38. The molecule has 3 aromatic carbocycles. The summed E-state index contributed by atoms with van der Waals surface area (Å²) in [6.07, 6.45) is 5.43. The molecule has 11 nitrogen and oxygen atoms in total. The molecule has 1 amide bonds. The van der Waals surface area contributed by atoms with Gasteiger partial charge in [-0.15, -0.1) is 0 Å².